The predicted octanol–water partition coefficient (Wildman–Crippen LogP) is 5.51. The van der Waals surface area contributed by atoms with Gasteiger partial charge in [-0.2, -0.15) is 0 Å². The molecule has 21 heavy (non-hydrogen) atoms. The fraction of sp³-hybridized carbons (Fsp3) is 1.00. The van der Waals surface area contributed by atoms with Crippen molar-refractivity contribution in [1.82, 2.24) is 4.90 Å². The zero-order chi connectivity index (χ0) is 15.8. The summed E-state index contributed by atoms with van der Waals surface area (Å²) >= 11 is 0. The molecule has 0 aromatic rings. The largest absolute Gasteiger partial charge is 0.383 e. The zero-order valence-electron chi connectivity index (χ0n) is 15.3. The van der Waals surface area contributed by atoms with Gasteiger partial charge >= 0.3 is 0 Å². The van der Waals surface area contributed by atoms with E-state index in [0.29, 0.717) is 0 Å². The maximum absolute atomic E-state index is 5.19. The minimum Gasteiger partial charge on any atom is -0.383 e. The van der Waals surface area contributed by atoms with E-state index < -0.39 is 0 Å². The highest BCUT2D eigenvalue weighted by atomic mass is 16.5. The summed E-state index contributed by atoms with van der Waals surface area (Å²) in [6, 6.07) is 0. The molecule has 1 atom stereocenters. The second kappa shape index (κ2) is 16.3. The SMILES string of the molecule is CCCCCCCC(CCCCCC)CN(C)CCOC. The molecule has 0 amide bonds. The number of likely N-dealkylation sites (N-methyl/N-ethyl adjacent to an activating group) is 1. The van der Waals surface area contributed by atoms with Crippen molar-refractivity contribution < 1.29 is 4.74 Å². The molecule has 0 aliphatic heterocycles. The van der Waals surface area contributed by atoms with Gasteiger partial charge in [-0.15, -0.1) is 0 Å². The maximum Gasteiger partial charge on any atom is 0.0589 e. The van der Waals surface area contributed by atoms with Gasteiger partial charge < -0.3 is 9.64 Å². The van der Waals surface area contributed by atoms with E-state index in [1.54, 1.807) is 7.11 Å². The standard InChI is InChI=1S/C19H41NO/c1-5-7-9-11-13-15-19(14-12-10-8-6-2)18-20(3)16-17-21-4/h19H,5-18H2,1-4H3. The Morgan fingerprint density at radius 3 is 1.86 bits per heavy atom. The Bertz CT molecular complexity index is 196. The van der Waals surface area contributed by atoms with Gasteiger partial charge in [-0.25, -0.2) is 0 Å². The van der Waals surface area contributed by atoms with Crippen LogP contribution in [0.1, 0.15) is 84.5 Å². The molecule has 0 aliphatic rings. The van der Waals surface area contributed by atoms with Crippen molar-refractivity contribution >= 4 is 0 Å². The van der Waals surface area contributed by atoms with Crippen LogP contribution in [-0.4, -0.2) is 38.8 Å². The monoisotopic (exact) mass is 299 g/mol. The molecule has 0 heterocycles. The second-order valence-electron chi connectivity index (χ2n) is 6.67. The lowest BCUT2D eigenvalue weighted by molar-refractivity contribution is 0.148. The van der Waals surface area contributed by atoms with Crippen molar-refractivity contribution in [2.45, 2.75) is 84.5 Å². The van der Waals surface area contributed by atoms with E-state index >= 15 is 0 Å². The Hall–Kier alpha value is -0.0800. The molecule has 0 bridgehead atoms. The van der Waals surface area contributed by atoms with Crippen molar-refractivity contribution in [1.29, 1.82) is 0 Å². The van der Waals surface area contributed by atoms with Crippen LogP contribution < -0.4 is 0 Å². The van der Waals surface area contributed by atoms with E-state index in [0.717, 1.165) is 19.1 Å². The van der Waals surface area contributed by atoms with Crippen LogP contribution in [0, 0.1) is 5.92 Å². The molecule has 0 radical (unpaired) electrons. The van der Waals surface area contributed by atoms with Gasteiger partial charge in [0, 0.05) is 20.2 Å². The number of hydrogen-bond acceptors (Lipinski definition) is 2. The van der Waals surface area contributed by atoms with E-state index in [1.807, 2.05) is 0 Å². The molecule has 2 nitrogen and oxygen atoms in total. The smallest absolute Gasteiger partial charge is 0.0589 e. The Labute approximate surface area is 134 Å². The van der Waals surface area contributed by atoms with Crippen LogP contribution in [0.3, 0.4) is 0 Å². The van der Waals surface area contributed by atoms with E-state index in [1.165, 1.54) is 77.2 Å². The molecule has 0 rings (SSSR count). The van der Waals surface area contributed by atoms with Gasteiger partial charge in [0.2, 0.25) is 0 Å². The first-order chi connectivity index (χ1) is 10.2. The number of rotatable bonds is 16. The van der Waals surface area contributed by atoms with Crippen molar-refractivity contribution in [3.8, 4) is 0 Å². The Morgan fingerprint density at radius 1 is 0.810 bits per heavy atom. The molecule has 2 heteroatoms. The fourth-order valence-corrected chi connectivity index (χ4v) is 3.00. The van der Waals surface area contributed by atoms with E-state index in [-0.39, 0.29) is 0 Å². The fourth-order valence-electron chi connectivity index (χ4n) is 3.00. The van der Waals surface area contributed by atoms with Crippen molar-refractivity contribution in [2.75, 3.05) is 33.9 Å². The molecule has 0 aromatic carbocycles. The molecule has 0 spiro atoms. The summed E-state index contributed by atoms with van der Waals surface area (Å²) in [7, 11) is 4.04. The Balaban J connectivity index is 3.89. The average Bonchev–Trinajstić information content (AvgIpc) is 2.48. The quantitative estimate of drug-likeness (QED) is 0.348. The van der Waals surface area contributed by atoms with E-state index in [2.05, 4.69) is 25.8 Å². The summed E-state index contributed by atoms with van der Waals surface area (Å²) in [4.78, 5) is 2.46. The average molecular weight is 300 g/mol. The molecule has 0 saturated carbocycles. The summed E-state index contributed by atoms with van der Waals surface area (Å²) in [6.07, 6.45) is 15.5. The summed E-state index contributed by atoms with van der Waals surface area (Å²) in [5, 5.41) is 0. The highest BCUT2D eigenvalue weighted by molar-refractivity contribution is 4.65. The van der Waals surface area contributed by atoms with Crippen LogP contribution in [-0.2, 0) is 4.74 Å². The maximum atomic E-state index is 5.19. The molecular formula is C19H41NO. The Kier molecular flexibility index (Phi) is 16.2. The molecule has 0 saturated heterocycles. The molecule has 0 aliphatic carbocycles. The van der Waals surface area contributed by atoms with Gasteiger partial charge in [-0.1, -0.05) is 71.6 Å². The lowest BCUT2D eigenvalue weighted by Crippen LogP contribution is -2.29. The van der Waals surface area contributed by atoms with Crippen LogP contribution in [0.25, 0.3) is 0 Å². The van der Waals surface area contributed by atoms with Gasteiger partial charge in [0.15, 0.2) is 0 Å². The van der Waals surface area contributed by atoms with E-state index in [4.69, 9.17) is 4.74 Å². The van der Waals surface area contributed by atoms with Gasteiger partial charge in [0.05, 0.1) is 6.61 Å². The number of methoxy groups -OCH3 is 1. The first-order valence-electron chi connectivity index (χ1n) is 9.42. The normalized spacial score (nSPS) is 13.0. The van der Waals surface area contributed by atoms with Gasteiger partial charge in [-0.05, 0) is 25.8 Å². The van der Waals surface area contributed by atoms with Gasteiger partial charge in [-0.3, -0.25) is 0 Å². The third kappa shape index (κ3) is 14.6. The van der Waals surface area contributed by atoms with Crippen LogP contribution >= 0.6 is 0 Å². The number of ether oxygens (including phenoxy) is 1. The molecule has 0 N–H and O–H groups in total. The first kappa shape index (κ1) is 20.9. The van der Waals surface area contributed by atoms with Crippen molar-refractivity contribution in [2.24, 2.45) is 5.92 Å². The number of unbranched alkanes of at least 4 members (excludes halogenated alkanes) is 7. The van der Waals surface area contributed by atoms with Crippen LogP contribution in [0.15, 0.2) is 0 Å². The molecule has 0 fully saturated rings. The van der Waals surface area contributed by atoms with Gasteiger partial charge in [0.25, 0.3) is 0 Å². The summed E-state index contributed by atoms with van der Waals surface area (Å²) in [5.74, 6) is 0.894. The second-order valence-corrected chi connectivity index (χ2v) is 6.67. The first-order valence-corrected chi connectivity index (χ1v) is 9.42. The lowest BCUT2D eigenvalue weighted by atomic mass is 9.94. The van der Waals surface area contributed by atoms with Gasteiger partial charge in [0.1, 0.15) is 0 Å². The topological polar surface area (TPSA) is 12.5 Å². The summed E-state index contributed by atoms with van der Waals surface area (Å²) < 4.78 is 5.19. The minimum atomic E-state index is 0.857. The van der Waals surface area contributed by atoms with Crippen LogP contribution in [0.2, 0.25) is 0 Å². The predicted molar refractivity (Wildman–Crippen MR) is 95.0 cm³/mol. The summed E-state index contributed by atoms with van der Waals surface area (Å²) in [6.45, 7) is 7.77. The van der Waals surface area contributed by atoms with Crippen molar-refractivity contribution in [3.63, 3.8) is 0 Å². The molecule has 1 unspecified atom stereocenters. The van der Waals surface area contributed by atoms with Crippen LogP contribution in [0.5, 0.6) is 0 Å². The zero-order valence-corrected chi connectivity index (χ0v) is 15.3. The van der Waals surface area contributed by atoms with E-state index in [9.17, 15) is 0 Å². The van der Waals surface area contributed by atoms with Crippen molar-refractivity contribution in [3.05, 3.63) is 0 Å². The molecule has 0 aromatic heterocycles. The number of hydrogen-bond donors (Lipinski definition) is 0. The highest BCUT2D eigenvalue weighted by Gasteiger charge is 2.11. The summed E-state index contributed by atoms with van der Waals surface area (Å²) in [5.41, 5.74) is 0. The third-order valence-electron chi connectivity index (χ3n) is 4.43. The number of nitrogens with zero attached hydrogens (tertiary/aromatic N) is 1. The molecular weight excluding hydrogens is 258 g/mol. The van der Waals surface area contributed by atoms with Crippen LogP contribution in [0.4, 0.5) is 0 Å². The minimum absolute atomic E-state index is 0.857. The lowest BCUT2D eigenvalue weighted by Gasteiger charge is -2.24. The Morgan fingerprint density at radius 2 is 1.33 bits per heavy atom. The highest BCUT2D eigenvalue weighted by Crippen LogP contribution is 2.19. The molecule has 128 valence electrons. The third-order valence-corrected chi connectivity index (χ3v) is 4.43.